The normalized spacial score (nSPS) is 19.2. The van der Waals surface area contributed by atoms with Gasteiger partial charge in [0.1, 0.15) is 0 Å². The van der Waals surface area contributed by atoms with Crippen LogP contribution in [0.4, 0.5) is 5.69 Å². The summed E-state index contributed by atoms with van der Waals surface area (Å²) in [5.41, 5.74) is 3.76. The van der Waals surface area contributed by atoms with Crippen LogP contribution >= 0.6 is 0 Å². The van der Waals surface area contributed by atoms with E-state index < -0.39 is 0 Å². The van der Waals surface area contributed by atoms with Crippen LogP contribution in [0, 0.1) is 11.3 Å². The average molecular weight is 200 g/mol. The number of nitrogens with one attached hydrogen (secondary N) is 1. The lowest BCUT2D eigenvalue weighted by atomic mass is 9.85. The SMILES string of the molecule is CC(C)(C)c1ccc2c(c1)NCC2C#N. The van der Waals surface area contributed by atoms with Crippen molar-refractivity contribution >= 4 is 5.69 Å². The van der Waals surface area contributed by atoms with Crippen molar-refractivity contribution in [2.45, 2.75) is 32.1 Å². The second kappa shape index (κ2) is 3.27. The van der Waals surface area contributed by atoms with Gasteiger partial charge in [0.15, 0.2) is 0 Å². The van der Waals surface area contributed by atoms with Gasteiger partial charge >= 0.3 is 0 Å². The first kappa shape index (κ1) is 10.0. The van der Waals surface area contributed by atoms with Gasteiger partial charge in [-0.2, -0.15) is 5.26 Å². The molecule has 1 unspecified atom stereocenters. The van der Waals surface area contributed by atoms with Crippen LogP contribution in [0.5, 0.6) is 0 Å². The summed E-state index contributed by atoms with van der Waals surface area (Å²) in [7, 11) is 0. The quantitative estimate of drug-likeness (QED) is 0.698. The first-order valence-corrected chi connectivity index (χ1v) is 5.30. The van der Waals surface area contributed by atoms with Gasteiger partial charge in [-0.1, -0.05) is 32.9 Å². The molecule has 2 heteroatoms. The Hall–Kier alpha value is -1.49. The maximum absolute atomic E-state index is 8.95. The minimum atomic E-state index is 0.0222. The molecule has 0 bridgehead atoms. The van der Waals surface area contributed by atoms with E-state index in [0.717, 1.165) is 17.8 Å². The number of hydrogen-bond acceptors (Lipinski definition) is 2. The zero-order valence-corrected chi connectivity index (χ0v) is 9.46. The first-order valence-electron chi connectivity index (χ1n) is 5.30. The van der Waals surface area contributed by atoms with E-state index in [1.807, 2.05) is 0 Å². The van der Waals surface area contributed by atoms with Crippen molar-refractivity contribution in [3.8, 4) is 6.07 Å². The predicted molar refractivity (Wildman–Crippen MR) is 62.0 cm³/mol. The van der Waals surface area contributed by atoms with Crippen LogP contribution in [0.1, 0.15) is 37.8 Å². The minimum absolute atomic E-state index is 0.0222. The zero-order chi connectivity index (χ0) is 11.1. The Labute approximate surface area is 90.9 Å². The van der Waals surface area contributed by atoms with Crippen molar-refractivity contribution in [2.75, 3.05) is 11.9 Å². The molecule has 0 saturated heterocycles. The lowest BCUT2D eigenvalue weighted by molar-refractivity contribution is 0.590. The van der Waals surface area contributed by atoms with Crippen molar-refractivity contribution in [1.29, 1.82) is 5.26 Å². The number of anilines is 1. The highest BCUT2D eigenvalue weighted by molar-refractivity contribution is 5.61. The number of nitriles is 1. The number of fused-ring (bicyclic) bond motifs is 1. The van der Waals surface area contributed by atoms with Gasteiger partial charge in [0.25, 0.3) is 0 Å². The van der Waals surface area contributed by atoms with Gasteiger partial charge in [-0.3, -0.25) is 0 Å². The molecule has 0 aromatic heterocycles. The molecule has 78 valence electrons. The maximum atomic E-state index is 8.95. The van der Waals surface area contributed by atoms with Gasteiger partial charge in [0, 0.05) is 12.2 Å². The number of nitrogens with zero attached hydrogens (tertiary/aromatic N) is 1. The van der Waals surface area contributed by atoms with Gasteiger partial charge in [-0.05, 0) is 22.6 Å². The molecular weight excluding hydrogens is 184 g/mol. The molecule has 1 N–H and O–H groups in total. The number of hydrogen-bond donors (Lipinski definition) is 1. The summed E-state index contributed by atoms with van der Waals surface area (Å²) < 4.78 is 0. The van der Waals surface area contributed by atoms with E-state index in [4.69, 9.17) is 5.26 Å². The summed E-state index contributed by atoms with van der Waals surface area (Å²) >= 11 is 0. The fourth-order valence-corrected chi connectivity index (χ4v) is 1.92. The van der Waals surface area contributed by atoms with E-state index >= 15 is 0 Å². The monoisotopic (exact) mass is 200 g/mol. The standard InChI is InChI=1S/C13H16N2/c1-13(2,3)10-4-5-11-9(7-14)8-15-12(11)6-10/h4-6,9,15H,8H2,1-3H3. The van der Waals surface area contributed by atoms with Crippen LogP contribution in [0.2, 0.25) is 0 Å². The number of rotatable bonds is 0. The smallest absolute Gasteiger partial charge is 0.0904 e. The lowest BCUT2D eigenvalue weighted by Crippen LogP contribution is -2.11. The molecule has 2 nitrogen and oxygen atoms in total. The minimum Gasteiger partial charge on any atom is -0.383 e. The highest BCUT2D eigenvalue weighted by atomic mass is 14.9. The highest BCUT2D eigenvalue weighted by Crippen LogP contribution is 2.34. The molecule has 0 spiro atoms. The summed E-state index contributed by atoms with van der Waals surface area (Å²) in [6.07, 6.45) is 0. The summed E-state index contributed by atoms with van der Waals surface area (Å²) in [5.74, 6) is 0.0222. The van der Waals surface area contributed by atoms with Gasteiger partial charge in [0.2, 0.25) is 0 Å². The molecule has 1 heterocycles. The zero-order valence-electron chi connectivity index (χ0n) is 9.46. The molecule has 2 rings (SSSR count). The van der Waals surface area contributed by atoms with Gasteiger partial charge < -0.3 is 5.32 Å². The van der Waals surface area contributed by atoms with Crippen LogP contribution in [0.25, 0.3) is 0 Å². The number of benzene rings is 1. The van der Waals surface area contributed by atoms with E-state index in [-0.39, 0.29) is 11.3 Å². The second-order valence-electron chi connectivity index (χ2n) is 5.11. The molecule has 0 radical (unpaired) electrons. The Morgan fingerprint density at radius 1 is 1.40 bits per heavy atom. The van der Waals surface area contributed by atoms with Gasteiger partial charge in [-0.25, -0.2) is 0 Å². The Bertz CT molecular complexity index is 421. The summed E-state index contributed by atoms with van der Waals surface area (Å²) in [5, 5.41) is 12.2. The molecule has 1 aromatic carbocycles. The predicted octanol–water partition coefficient (Wildman–Crippen LogP) is 3.02. The molecule has 0 amide bonds. The van der Waals surface area contributed by atoms with Crippen LogP contribution in [0.15, 0.2) is 18.2 Å². The van der Waals surface area contributed by atoms with Crippen LogP contribution in [-0.4, -0.2) is 6.54 Å². The van der Waals surface area contributed by atoms with E-state index in [1.54, 1.807) is 0 Å². The summed E-state index contributed by atoms with van der Waals surface area (Å²) in [4.78, 5) is 0. The fraction of sp³-hybridized carbons (Fsp3) is 0.462. The molecule has 0 aliphatic carbocycles. The Kier molecular flexibility index (Phi) is 2.19. The van der Waals surface area contributed by atoms with Crippen LogP contribution < -0.4 is 5.32 Å². The van der Waals surface area contributed by atoms with Crippen molar-refractivity contribution < 1.29 is 0 Å². The maximum Gasteiger partial charge on any atom is 0.0904 e. The van der Waals surface area contributed by atoms with E-state index in [2.05, 4.69) is 50.4 Å². The van der Waals surface area contributed by atoms with Crippen LogP contribution in [-0.2, 0) is 5.41 Å². The van der Waals surface area contributed by atoms with Crippen molar-refractivity contribution in [3.63, 3.8) is 0 Å². The van der Waals surface area contributed by atoms with Gasteiger partial charge in [-0.15, -0.1) is 0 Å². The summed E-state index contributed by atoms with van der Waals surface area (Å²) in [6, 6.07) is 8.71. The second-order valence-corrected chi connectivity index (χ2v) is 5.11. The molecular formula is C13H16N2. The van der Waals surface area contributed by atoms with E-state index in [9.17, 15) is 0 Å². The van der Waals surface area contributed by atoms with Crippen molar-refractivity contribution in [2.24, 2.45) is 0 Å². The highest BCUT2D eigenvalue weighted by Gasteiger charge is 2.23. The molecule has 15 heavy (non-hydrogen) atoms. The third-order valence-corrected chi connectivity index (χ3v) is 2.95. The van der Waals surface area contributed by atoms with E-state index in [0.29, 0.717) is 0 Å². The molecule has 1 aromatic rings. The third kappa shape index (κ3) is 1.70. The molecule has 0 fully saturated rings. The Morgan fingerprint density at radius 2 is 2.13 bits per heavy atom. The topological polar surface area (TPSA) is 35.8 Å². The third-order valence-electron chi connectivity index (χ3n) is 2.95. The van der Waals surface area contributed by atoms with E-state index in [1.165, 1.54) is 5.56 Å². The Balaban J connectivity index is 2.43. The van der Waals surface area contributed by atoms with Gasteiger partial charge in [0.05, 0.1) is 12.0 Å². The fourth-order valence-electron chi connectivity index (χ4n) is 1.92. The van der Waals surface area contributed by atoms with Crippen LogP contribution in [0.3, 0.4) is 0 Å². The summed E-state index contributed by atoms with van der Waals surface area (Å²) in [6.45, 7) is 7.35. The largest absolute Gasteiger partial charge is 0.383 e. The van der Waals surface area contributed by atoms with Crippen molar-refractivity contribution in [3.05, 3.63) is 29.3 Å². The first-order chi connectivity index (χ1) is 7.02. The van der Waals surface area contributed by atoms with Crippen molar-refractivity contribution in [1.82, 2.24) is 0 Å². The molecule has 1 aliphatic heterocycles. The molecule has 0 saturated carbocycles. The Morgan fingerprint density at radius 3 is 2.73 bits per heavy atom. The molecule has 1 aliphatic rings. The molecule has 1 atom stereocenters. The lowest BCUT2D eigenvalue weighted by Gasteiger charge is -2.19. The average Bonchev–Trinajstić information content (AvgIpc) is 2.58.